The molecule has 0 aliphatic rings. The number of hydrogen-bond acceptors (Lipinski definition) is 8. The second kappa shape index (κ2) is 16.0. The molecular weight excluding hydrogens is 450 g/mol. The Hall–Kier alpha value is -2.77. The molecule has 0 spiro atoms. The van der Waals surface area contributed by atoms with Crippen LogP contribution in [0.4, 0.5) is 0 Å². The summed E-state index contributed by atoms with van der Waals surface area (Å²) < 4.78 is 0. The Bertz CT molecular complexity index is 703. The van der Waals surface area contributed by atoms with Crippen molar-refractivity contribution in [1.82, 2.24) is 16.0 Å². The van der Waals surface area contributed by atoms with Gasteiger partial charge < -0.3 is 42.7 Å². The van der Waals surface area contributed by atoms with Gasteiger partial charge in [0, 0.05) is 6.42 Å². The predicted octanol–water partition coefficient (Wildman–Crippen LogP) is -1.73. The summed E-state index contributed by atoms with van der Waals surface area (Å²) in [6, 6.07) is -5.00. The number of aliphatic hydroxyl groups is 1. The van der Waals surface area contributed by atoms with Crippen molar-refractivity contribution in [2.75, 3.05) is 6.54 Å². The smallest absolute Gasteiger partial charge is 0.328 e. The van der Waals surface area contributed by atoms with Crippen LogP contribution in [0.1, 0.15) is 59.3 Å². The summed E-state index contributed by atoms with van der Waals surface area (Å²) in [5.41, 5.74) is 11.4. The molecule has 13 heteroatoms. The van der Waals surface area contributed by atoms with Crippen LogP contribution in [0.5, 0.6) is 0 Å². The molecule has 0 radical (unpaired) electrons. The lowest BCUT2D eigenvalue weighted by molar-refractivity contribution is -0.145. The molecule has 13 nitrogen and oxygen atoms in total. The number of nitrogens with one attached hydrogen (secondary N) is 3. The SMILES string of the molecule is CCC(C)C(N)C(=O)NC(CCCCN)C(=O)NC(CCC(=O)O)C(=O)NC(C(=O)O)C(C)O. The van der Waals surface area contributed by atoms with Gasteiger partial charge in [0.25, 0.3) is 0 Å². The van der Waals surface area contributed by atoms with Gasteiger partial charge in [-0.25, -0.2) is 4.79 Å². The minimum absolute atomic E-state index is 0.143. The van der Waals surface area contributed by atoms with Gasteiger partial charge in [0.2, 0.25) is 17.7 Å². The van der Waals surface area contributed by atoms with E-state index in [0.717, 1.165) is 6.92 Å². The van der Waals surface area contributed by atoms with Crippen LogP contribution in [0, 0.1) is 5.92 Å². The van der Waals surface area contributed by atoms with E-state index in [1.807, 2.05) is 6.92 Å². The summed E-state index contributed by atoms with van der Waals surface area (Å²) in [6.45, 7) is 5.19. The van der Waals surface area contributed by atoms with E-state index >= 15 is 0 Å². The average Bonchev–Trinajstić information content (AvgIpc) is 2.77. The standard InChI is InChI=1S/C21H39N5O8/c1-4-11(2)16(23)20(32)25-13(7-5-6-10-22)18(30)24-14(8-9-15(28)29)19(31)26-17(12(3)27)21(33)34/h11-14,16-17,27H,4-10,22-23H2,1-3H3,(H,24,30)(H,25,32)(H,26,31)(H,28,29)(H,33,34). The fourth-order valence-corrected chi connectivity index (χ4v) is 2.99. The molecule has 6 atom stereocenters. The van der Waals surface area contributed by atoms with Gasteiger partial charge in [-0.15, -0.1) is 0 Å². The Labute approximate surface area is 199 Å². The van der Waals surface area contributed by atoms with E-state index in [9.17, 15) is 34.2 Å². The molecule has 0 bridgehead atoms. The van der Waals surface area contributed by atoms with Crippen molar-refractivity contribution >= 4 is 29.7 Å². The van der Waals surface area contributed by atoms with E-state index < -0.39 is 66.4 Å². The Balaban J connectivity index is 5.60. The van der Waals surface area contributed by atoms with Gasteiger partial charge in [-0.1, -0.05) is 20.3 Å². The zero-order valence-corrected chi connectivity index (χ0v) is 20.0. The van der Waals surface area contributed by atoms with Crippen LogP contribution < -0.4 is 27.4 Å². The summed E-state index contributed by atoms with van der Waals surface area (Å²) in [5.74, 6) is -5.16. The molecule has 0 fully saturated rings. The zero-order chi connectivity index (χ0) is 26.4. The molecule has 0 aromatic heterocycles. The largest absolute Gasteiger partial charge is 0.481 e. The number of carboxylic acid groups (broad SMARTS) is 2. The molecule has 0 heterocycles. The molecule has 6 unspecified atom stereocenters. The summed E-state index contributed by atoms with van der Waals surface area (Å²) in [4.78, 5) is 60.4. The van der Waals surface area contributed by atoms with Gasteiger partial charge in [0.05, 0.1) is 12.1 Å². The number of aliphatic hydroxyl groups excluding tert-OH is 1. The van der Waals surface area contributed by atoms with Crippen LogP contribution >= 0.6 is 0 Å². The lowest BCUT2D eigenvalue weighted by Crippen LogP contribution is -2.58. The van der Waals surface area contributed by atoms with E-state index in [0.29, 0.717) is 25.8 Å². The minimum atomic E-state index is -1.66. The highest BCUT2D eigenvalue weighted by Crippen LogP contribution is 2.09. The normalized spacial score (nSPS) is 16.3. The Morgan fingerprint density at radius 1 is 0.853 bits per heavy atom. The highest BCUT2D eigenvalue weighted by atomic mass is 16.4. The first-order valence-corrected chi connectivity index (χ1v) is 11.3. The molecule has 3 amide bonds. The molecule has 0 rings (SSSR count). The van der Waals surface area contributed by atoms with Gasteiger partial charge in [-0.2, -0.15) is 0 Å². The molecule has 34 heavy (non-hydrogen) atoms. The maximum Gasteiger partial charge on any atom is 0.328 e. The highest BCUT2D eigenvalue weighted by Gasteiger charge is 2.32. The van der Waals surface area contributed by atoms with Gasteiger partial charge in [0.1, 0.15) is 12.1 Å². The molecule has 196 valence electrons. The molecule has 10 N–H and O–H groups in total. The molecule has 0 aliphatic carbocycles. The molecule has 0 saturated carbocycles. The maximum atomic E-state index is 13.0. The van der Waals surface area contributed by atoms with Crippen molar-refractivity contribution in [2.45, 2.75) is 89.6 Å². The van der Waals surface area contributed by atoms with Crippen molar-refractivity contribution in [3.63, 3.8) is 0 Å². The Kier molecular flexibility index (Phi) is 14.7. The molecule has 0 saturated heterocycles. The first kappa shape index (κ1) is 31.2. The van der Waals surface area contributed by atoms with Crippen molar-refractivity contribution in [3.05, 3.63) is 0 Å². The van der Waals surface area contributed by atoms with Gasteiger partial charge >= 0.3 is 11.9 Å². The fraction of sp³-hybridized carbons (Fsp3) is 0.762. The second-order valence-corrected chi connectivity index (χ2v) is 8.32. The van der Waals surface area contributed by atoms with E-state index in [-0.39, 0.29) is 18.8 Å². The third-order valence-corrected chi connectivity index (χ3v) is 5.47. The van der Waals surface area contributed by atoms with E-state index in [1.165, 1.54) is 0 Å². The van der Waals surface area contributed by atoms with Crippen LogP contribution in [0.2, 0.25) is 0 Å². The number of rotatable bonds is 17. The Morgan fingerprint density at radius 2 is 1.38 bits per heavy atom. The second-order valence-electron chi connectivity index (χ2n) is 8.32. The van der Waals surface area contributed by atoms with E-state index in [4.69, 9.17) is 16.6 Å². The predicted molar refractivity (Wildman–Crippen MR) is 122 cm³/mol. The van der Waals surface area contributed by atoms with Crippen molar-refractivity contribution in [3.8, 4) is 0 Å². The lowest BCUT2D eigenvalue weighted by Gasteiger charge is -2.26. The number of nitrogens with two attached hydrogens (primary N) is 2. The maximum absolute atomic E-state index is 13.0. The van der Waals surface area contributed by atoms with Crippen molar-refractivity contribution in [1.29, 1.82) is 0 Å². The molecule has 0 aromatic rings. The Morgan fingerprint density at radius 3 is 1.85 bits per heavy atom. The number of hydrogen-bond donors (Lipinski definition) is 8. The fourth-order valence-electron chi connectivity index (χ4n) is 2.99. The summed E-state index contributed by atoms with van der Waals surface area (Å²) in [5, 5.41) is 34.8. The topological polar surface area (TPSA) is 234 Å². The summed E-state index contributed by atoms with van der Waals surface area (Å²) >= 11 is 0. The minimum Gasteiger partial charge on any atom is -0.481 e. The van der Waals surface area contributed by atoms with Crippen molar-refractivity contribution < 1.29 is 39.3 Å². The third kappa shape index (κ3) is 11.4. The number of aliphatic carboxylic acids is 2. The van der Waals surface area contributed by atoms with Crippen LogP contribution in [0.15, 0.2) is 0 Å². The lowest BCUT2D eigenvalue weighted by atomic mass is 9.98. The monoisotopic (exact) mass is 489 g/mol. The highest BCUT2D eigenvalue weighted by molar-refractivity contribution is 5.94. The number of carbonyl (C=O) groups is 5. The zero-order valence-electron chi connectivity index (χ0n) is 20.0. The first-order valence-electron chi connectivity index (χ1n) is 11.3. The van der Waals surface area contributed by atoms with E-state index in [2.05, 4.69) is 16.0 Å². The number of amides is 3. The van der Waals surface area contributed by atoms with Gasteiger partial charge in [-0.05, 0) is 45.1 Å². The molecular formula is C21H39N5O8. The van der Waals surface area contributed by atoms with Crippen molar-refractivity contribution in [2.24, 2.45) is 17.4 Å². The van der Waals surface area contributed by atoms with Gasteiger partial charge in [-0.3, -0.25) is 19.2 Å². The van der Waals surface area contributed by atoms with Crippen LogP contribution in [-0.4, -0.2) is 81.8 Å². The number of carboxylic acids is 2. The molecule has 0 aliphatic heterocycles. The van der Waals surface area contributed by atoms with E-state index in [1.54, 1.807) is 6.92 Å². The quantitative estimate of drug-likeness (QED) is 0.107. The third-order valence-electron chi connectivity index (χ3n) is 5.47. The summed E-state index contributed by atoms with van der Waals surface area (Å²) in [7, 11) is 0. The average molecular weight is 490 g/mol. The van der Waals surface area contributed by atoms with Crippen LogP contribution in [0.3, 0.4) is 0 Å². The first-order chi connectivity index (χ1) is 15.8. The number of carbonyl (C=O) groups excluding carboxylic acids is 3. The number of unbranched alkanes of at least 4 members (excludes halogenated alkanes) is 1. The van der Waals surface area contributed by atoms with Crippen LogP contribution in [-0.2, 0) is 24.0 Å². The van der Waals surface area contributed by atoms with Crippen LogP contribution in [0.25, 0.3) is 0 Å². The summed E-state index contributed by atoms with van der Waals surface area (Å²) in [6.07, 6.45) is -0.368. The van der Waals surface area contributed by atoms with Gasteiger partial charge in [0.15, 0.2) is 6.04 Å². The molecule has 0 aromatic carbocycles.